The summed E-state index contributed by atoms with van der Waals surface area (Å²) in [4.78, 5) is 0. The van der Waals surface area contributed by atoms with Crippen LogP contribution in [0.1, 0.15) is 50.2 Å². The number of fused-ring (bicyclic) bond motifs is 1. The molecule has 0 amide bonds. The summed E-state index contributed by atoms with van der Waals surface area (Å²) in [6, 6.07) is 5.99. The molecule has 1 aromatic carbocycles. The molecule has 0 heterocycles. The van der Waals surface area contributed by atoms with Crippen LogP contribution >= 0.6 is 0 Å². The fourth-order valence-electron chi connectivity index (χ4n) is 2.74. The first-order valence-corrected chi connectivity index (χ1v) is 5.99. The number of hydrogen-bond donors (Lipinski definition) is 1. The zero-order valence-corrected chi connectivity index (χ0v) is 9.66. The maximum absolute atomic E-state index is 9.81. The third kappa shape index (κ3) is 2.17. The fraction of sp³-hybridized carbons (Fsp3) is 0.571. The number of hydrogen-bond acceptors (Lipinski definition) is 1. The molecule has 0 saturated heterocycles. The van der Waals surface area contributed by atoms with Gasteiger partial charge in [-0.25, -0.2) is 0 Å². The molecular weight excluding hydrogens is 184 g/mol. The zero-order chi connectivity index (χ0) is 10.8. The second-order valence-electron chi connectivity index (χ2n) is 5.06. The minimum atomic E-state index is 0.501. The lowest BCUT2D eigenvalue weighted by Crippen LogP contribution is -2.11. The monoisotopic (exact) mass is 204 g/mol. The van der Waals surface area contributed by atoms with E-state index in [9.17, 15) is 5.11 Å². The van der Waals surface area contributed by atoms with E-state index in [1.54, 1.807) is 0 Å². The maximum atomic E-state index is 9.81. The van der Waals surface area contributed by atoms with Crippen molar-refractivity contribution in [2.75, 3.05) is 0 Å². The Balaban J connectivity index is 2.30. The number of phenolic OH excluding ortho intramolecular Hbond substituents is 1. The highest BCUT2D eigenvalue weighted by molar-refractivity contribution is 5.42. The van der Waals surface area contributed by atoms with Crippen molar-refractivity contribution in [2.45, 2.75) is 45.4 Å². The Bertz CT molecular complexity index is 341. The molecule has 0 spiro atoms. The van der Waals surface area contributed by atoms with Crippen LogP contribution in [0.5, 0.6) is 5.75 Å². The first-order valence-electron chi connectivity index (χ1n) is 5.99. The summed E-state index contributed by atoms with van der Waals surface area (Å²) in [5.41, 5.74) is 2.60. The molecule has 1 heteroatoms. The summed E-state index contributed by atoms with van der Waals surface area (Å²) in [6.07, 6.45) is 4.81. The van der Waals surface area contributed by atoms with E-state index >= 15 is 0 Å². The first kappa shape index (κ1) is 10.5. The third-order valence-corrected chi connectivity index (χ3v) is 3.36. The summed E-state index contributed by atoms with van der Waals surface area (Å²) in [5, 5.41) is 9.81. The second-order valence-corrected chi connectivity index (χ2v) is 5.06. The lowest BCUT2D eigenvalue weighted by atomic mass is 9.78. The molecule has 1 nitrogen and oxygen atoms in total. The maximum Gasteiger partial charge on any atom is 0.119 e. The van der Waals surface area contributed by atoms with Crippen LogP contribution in [0.2, 0.25) is 0 Å². The van der Waals surface area contributed by atoms with Crippen LogP contribution in [-0.2, 0) is 6.42 Å². The topological polar surface area (TPSA) is 20.2 Å². The van der Waals surface area contributed by atoms with Crippen LogP contribution < -0.4 is 0 Å². The van der Waals surface area contributed by atoms with E-state index in [1.165, 1.54) is 30.4 Å². The molecule has 0 fully saturated rings. The molecule has 82 valence electrons. The predicted octanol–water partition coefficient (Wildman–Crippen LogP) is 3.86. The Morgan fingerprint density at radius 2 is 2.20 bits per heavy atom. The molecule has 0 radical (unpaired) electrons. The van der Waals surface area contributed by atoms with Crippen LogP contribution in [-0.4, -0.2) is 5.11 Å². The van der Waals surface area contributed by atoms with E-state index in [2.05, 4.69) is 19.9 Å². The first-order chi connectivity index (χ1) is 7.18. The largest absolute Gasteiger partial charge is 0.508 e. The van der Waals surface area contributed by atoms with Gasteiger partial charge in [-0.05, 0) is 54.7 Å². The summed E-state index contributed by atoms with van der Waals surface area (Å²) < 4.78 is 0. The van der Waals surface area contributed by atoms with E-state index in [1.807, 2.05) is 12.1 Å². The van der Waals surface area contributed by atoms with Crippen molar-refractivity contribution in [3.05, 3.63) is 29.3 Å². The average Bonchev–Trinajstić information content (AvgIpc) is 2.19. The van der Waals surface area contributed by atoms with Gasteiger partial charge in [0.25, 0.3) is 0 Å². The van der Waals surface area contributed by atoms with Crippen LogP contribution in [0.25, 0.3) is 0 Å². The fourth-order valence-corrected chi connectivity index (χ4v) is 2.74. The summed E-state index contributed by atoms with van der Waals surface area (Å²) in [6.45, 7) is 4.55. The van der Waals surface area contributed by atoms with Crippen molar-refractivity contribution < 1.29 is 5.11 Å². The number of aromatic hydroxyl groups is 1. The van der Waals surface area contributed by atoms with Crippen LogP contribution in [0.4, 0.5) is 0 Å². The highest BCUT2D eigenvalue weighted by Crippen LogP contribution is 2.39. The van der Waals surface area contributed by atoms with Crippen LogP contribution in [0, 0.1) is 5.92 Å². The quantitative estimate of drug-likeness (QED) is 0.775. The number of benzene rings is 1. The molecule has 15 heavy (non-hydrogen) atoms. The van der Waals surface area contributed by atoms with E-state index < -0.39 is 0 Å². The molecule has 2 rings (SSSR count). The normalized spacial score (nSPS) is 20.3. The van der Waals surface area contributed by atoms with Crippen molar-refractivity contribution in [1.82, 2.24) is 0 Å². The Kier molecular flexibility index (Phi) is 2.99. The van der Waals surface area contributed by atoms with Gasteiger partial charge in [0.1, 0.15) is 5.75 Å². The van der Waals surface area contributed by atoms with Crippen molar-refractivity contribution in [3.8, 4) is 5.75 Å². The van der Waals surface area contributed by atoms with Gasteiger partial charge in [-0.15, -0.1) is 0 Å². The molecule has 1 aromatic rings. The van der Waals surface area contributed by atoms with E-state index in [4.69, 9.17) is 0 Å². The van der Waals surface area contributed by atoms with Gasteiger partial charge >= 0.3 is 0 Å². The molecule has 1 atom stereocenters. The second kappa shape index (κ2) is 4.26. The number of phenols is 1. The Hall–Kier alpha value is -0.980. The van der Waals surface area contributed by atoms with Gasteiger partial charge in [0, 0.05) is 0 Å². The average molecular weight is 204 g/mol. The molecule has 0 aromatic heterocycles. The molecule has 1 N–H and O–H groups in total. The Labute approximate surface area is 92.1 Å². The lowest BCUT2D eigenvalue weighted by molar-refractivity contribution is 0.426. The highest BCUT2D eigenvalue weighted by atomic mass is 16.3. The van der Waals surface area contributed by atoms with E-state index in [0.717, 1.165) is 12.3 Å². The number of rotatable bonds is 2. The summed E-state index contributed by atoms with van der Waals surface area (Å²) in [7, 11) is 0. The molecule has 1 aliphatic rings. The lowest BCUT2D eigenvalue weighted by Gasteiger charge is -2.27. The Morgan fingerprint density at radius 3 is 2.93 bits per heavy atom. The smallest absolute Gasteiger partial charge is 0.119 e. The van der Waals surface area contributed by atoms with E-state index in [-0.39, 0.29) is 0 Å². The van der Waals surface area contributed by atoms with Crippen molar-refractivity contribution in [3.63, 3.8) is 0 Å². The van der Waals surface area contributed by atoms with Crippen LogP contribution in [0.3, 0.4) is 0 Å². The minimum absolute atomic E-state index is 0.501. The van der Waals surface area contributed by atoms with Gasteiger partial charge in [0.05, 0.1) is 0 Å². The highest BCUT2D eigenvalue weighted by Gasteiger charge is 2.22. The minimum Gasteiger partial charge on any atom is -0.508 e. The van der Waals surface area contributed by atoms with Gasteiger partial charge in [-0.1, -0.05) is 26.0 Å². The summed E-state index contributed by atoms with van der Waals surface area (Å²) in [5.74, 6) is 1.91. The SMILES string of the molecule is CC(C)CC1CCCc2c(O)cccc21. The van der Waals surface area contributed by atoms with Crippen molar-refractivity contribution >= 4 is 0 Å². The molecule has 1 unspecified atom stereocenters. The molecule has 1 aliphatic carbocycles. The zero-order valence-electron chi connectivity index (χ0n) is 9.66. The third-order valence-electron chi connectivity index (χ3n) is 3.36. The predicted molar refractivity (Wildman–Crippen MR) is 63.2 cm³/mol. The van der Waals surface area contributed by atoms with Crippen LogP contribution in [0.15, 0.2) is 18.2 Å². The van der Waals surface area contributed by atoms with Gasteiger partial charge in [0.2, 0.25) is 0 Å². The molecule has 0 bridgehead atoms. The Morgan fingerprint density at radius 1 is 1.40 bits per heavy atom. The van der Waals surface area contributed by atoms with E-state index in [0.29, 0.717) is 11.7 Å². The molecular formula is C14H20O. The van der Waals surface area contributed by atoms with Gasteiger partial charge in [0.15, 0.2) is 0 Å². The molecule has 0 saturated carbocycles. The van der Waals surface area contributed by atoms with Gasteiger partial charge in [-0.3, -0.25) is 0 Å². The van der Waals surface area contributed by atoms with Gasteiger partial charge < -0.3 is 5.11 Å². The van der Waals surface area contributed by atoms with Crippen molar-refractivity contribution in [2.24, 2.45) is 5.92 Å². The van der Waals surface area contributed by atoms with Gasteiger partial charge in [-0.2, -0.15) is 0 Å². The summed E-state index contributed by atoms with van der Waals surface area (Å²) >= 11 is 0. The van der Waals surface area contributed by atoms with Crippen molar-refractivity contribution in [1.29, 1.82) is 0 Å². The standard InChI is InChI=1S/C14H20O/c1-10(2)9-11-5-3-7-13-12(11)6-4-8-14(13)15/h4,6,8,10-11,15H,3,5,7,9H2,1-2H3. The molecule has 0 aliphatic heterocycles.